The topological polar surface area (TPSA) is 121 Å². The summed E-state index contributed by atoms with van der Waals surface area (Å²) in [7, 11) is 0. The molecule has 0 amide bonds. The van der Waals surface area contributed by atoms with Crippen LogP contribution in [0.1, 0.15) is 41.5 Å². The van der Waals surface area contributed by atoms with Crippen LogP contribution in [0.4, 0.5) is 0 Å². The zero-order valence-corrected chi connectivity index (χ0v) is 22.2. The highest BCUT2D eigenvalue weighted by Gasteiger charge is 2.40. The highest BCUT2D eigenvalue weighted by molar-refractivity contribution is 8.26. The van der Waals surface area contributed by atoms with Crippen LogP contribution in [0.2, 0.25) is 0 Å². The van der Waals surface area contributed by atoms with Gasteiger partial charge in [-0.1, -0.05) is 47.0 Å². The van der Waals surface area contributed by atoms with Crippen LogP contribution in [0.25, 0.3) is 0 Å². The van der Waals surface area contributed by atoms with Gasteiger partial charge < -0.3 is 9.47 Å². The number of ketones is 4. The van der Waals surface area contributed by atoms with Crippen LogP contribution in [-0.2, 0) is 28.8 Å². The molecule has 0 bridgehead atoms. The van der Waals surface area contributed by atoms with Gasteiger partial charge in [0.05, 0.1) is 39.2 Å². The number of esters is 2. The predicted octanol–water partition coefficient (Wildman–Crippen LogP) is 4.71. The fraction of sp³-hybridized carbons (Fsp3) is 0.273. The zero-order chi connectivity index (χ0) is 25.5. The SMILES string of the molecule is CC(=O)Oc1c2c(c(OC(C)=O)c3c1SC(=C(C(C)=O)C(C)=O)S3)SC(=C(C(C)=O)C(C)=O)S2. The van der Waals surface area contributed by atoms with Gasteiger partial charge in [0, 0.05) is 13.8 Å². The molecule has 0 aromatic heterocycles. The first kappa shape index (κ1) is 26.3. The number of rotatable bonds is 6. The average Bonchev–Trinajstić information content (AvgIpc) is 3.27. The van der Waals surface area contributed by atoms with Gasteiger partial charge in [-0.3, -0.25) is 28.8 Å². The molecular weight excluding hydrogens is 521 g/mol. The van der Waals surface area contributed by atoms with Crippen LogP contribution in [-0.4, -0.2) is 35.1 Å². The van der Waals surface area contributed by atoms with E-state index in [1.807, 2.05) is 0 Å². The Hall–Kier alpha value is -2.28. The molecular formula is C22H18O8S4. The first-order valence-corrected chi connectivity index (χ1v) is 12.9. The molecule has 8 nitrogen and oxygen atoms in total. The maximum Gasteiger partial charge on any atom is 0.308 e. The van der Waals surface area contributed by atoms with Crippen molar-refractivity contribution in [3.05, 3.63) is 19.6 Å². The molecule has 0 saturated heterocycles. The lowest BCUT2D eigenvalue weighted by atomic mass is 10.1. The van der Waals surface area contributed by atoms with E-state index in [1.165, 1.54) is 41.5 Å². The predicted molar refractivity (Wildman–Crippen MR) is 129 cm³/mol. The van der Waals surface area contributed by atoms with Crippen LogP contribution in [0.5, 0.6) is 11.5 Å². The first-order chi connectivity index (χ1) is 15.8. The van der Waals surface area contributed by atoms with Gasteiger partial charge in [0.25, 0.3) is 0 Å². The Kier molecular flexibility index (Phi) is 7.85. The van der Waals surface area contributed by atoms with Gasteiger partial charge in [-0.25, -0.2) is 0 Å². The summed E-state index contributed by atoms with van der Waals surface area (Å²) in [5.41, 5.74) is -0.0181. The fourth-order valence-electron chi connectivity index (χ4n) is 3.15. The van der Waals surface area contributed by atoms with Gasteiger partial charge in [-0.2, -0.15) is 0 Å². The minimum absolute atomic E-state index is 0.00903. The third kappa shape index (κ3) is 5.04. The summed E-state index contributed by atoms with van der Waals surface area (Å²) >= 11 is 4.24. The number of carbonyl (C=O) groups excluding carboxylic acids is 6. The number of ether oxygens (including phenoxy) is 2. The Bertz CT molecular complexity index is 1100. The number of allylic oxidation sites excluding steroid dienone is 2. The molecule has 12 heteroatoms. The molecule has 0 saturated carbocycles. The molecule has 2 aliphatic rings. The Morgan fingerprint density at radius 3 is 0.882 bits per heavy atom. The highest BCUT2D eigenvalue weighted by Crippen LogP contribution is 2.68. The highest BCUT2D eigenvalue weighted by atomic mass is 32.2. The minimum atomic E-state index is -0.618. The summed E-state index contributed by atoms with van der Waals surface area (Å²) in [6, 6.07) is 0. The quantitative estimate of drug-likeness (QED) is 0.164. The molecule has 0 fully saturated rings. The van der Waals surface area contributed by atoms with Gasteiger partial charge in [-0.15, -0.1) is 0 Å². The third-order valence-electron chi connectivity index (χ3n) is 4.32. The van der Waals surface area contributed by atoms with Gasteiger partial charge >= 0.3 is 11.9 Å². The maximum absolute atomic E-state index is 12.1. The van der Waals surface area contributed by atoms with E-state index in [-0.39, 0.29) is 22.6 Å². The van der Waals surface area contributed by atoms with E-state index in [9.17, 15) is 28.8 Å². The molecule has 34 heavy (non-hydrogen) atoms. The summed E-state index contributed by atoms with van der Waals surface area (Å²) in [5, 5.41) is 0. The van der Waals surface area contributed by atoms with E-state index >= 15 is 0 Å². The molecule has 0 unspecified atom stereocenters. The number of benzene rings is 1. The number of carbonyl (C=O) groups is 6. The number of hydrogen-bond donors (Lipinski definition) is 0. The number of hydrogen-bond acceptors (Lipinski definition) is 12. The molecule has 178 valence electrons. The first-order valence-electron chi connectivity index (χ1n) is 9.67. The summed E-state index contributed by atoms with van der Waals surface area (Å²) in [6.45, 7) is 7.56. The van der Waals surface area contributed by atoms with Crippen molar-refractivity contribution in [3.8, 4) is 11.5 Å². The molecule has 0 spiro atoms. The Labute approximate surface area is 212 Å². The maximum atomic E-state index is 12.1. The van der Waals surface area contributed by atoms with E-state index in [1.54, 1.807) is 0 Å². The Morgan fingerprint density at radius 1 is 0.471 bits per heavy atom. The smallest absolute Gasteiger partial charge is 0.308 e. The fourth-order valence-corrected chi connectivity index (χ4v) is 9.10. The molecule has 1 aromatic rings. The largest absolute Gasteiger partial charge is 0.424 e. The number of thioether (sulfide) groups is 4. The molecule has 0 aliphatic carbocycles. The molecule has 0 radical (unpaired) electrons. The minimum Gasteiger partial charge on any atom is -0.424 e. The van der Waals surface area contributed by atoms with Crippen LogP contribution >= 0.6 is 47.0 Å². The second kappa shape index (κ2) is 10.1. The summed E-state index contributed by atoms with van der Waals surface area (Å²) in [4.78, 5) is 74.1. The third-order valence-corrected chi connectivity index (χ3v) is 9.52. The monoisotopic (exact) mass is 538 g/mol. The average molecular weight is 539 g/mol. The molecule has 2 heterocycles. The molecule has 0 N–H and O–H groups in total. The van der Waals surface area contributed by atoms with Gasteiger partial charge in [0.1, 0.15) is 0 Å². The van der Waals surface area contributed by atoms with Crippen LogP contribution in [0.15, 0.2) is 39.2 Å². The van der Waals surface area contributed by atoms with Crippen molar-refractivity contribution in [2.75, 3.05) is 0 Å². The van der Waals surface area contributed by atoms with Crippen molar-refractivity contribution in [3.63, 3.8) is 0 Å². The standard InChI is InChI=1S/C22H18O8S4/c1-7(23)13(8(2)24)21-31-17-15(29-11(5)27)19-20(16(18(17)32-21)30-12(6)28)34-22(33-19)14(9(3)25)10(4)26/h1-6H3. The van der Waals surface area contributed by atoms with Crippen molar-refractivity contribution in [1.82, 2.24) is 0 Å². The van der Waals surface area contributed by atoms with E-state index in [2.05, 4.69) is 0 Å². The van der Waals surface area contributed by atoms with Crippen LogP contribution in [0.3, 0.4) is 0 Å². The molecule has 0 atom stereocenters. The van der Waals surface area contributed by atoms with Crippen molar-refractivity contribution >= 4 is 82.1 Å². The van der Waals surface area contributed by atoms with Gasteiger partial charge in [-0.05, 0) is 27.7 Å². The lowest BCUT2D eigenvalue weighted by molar-refractivity contribution is -0.133. The molecule has 2 aliphatic heterocycles. The summed E-state index contributed by atoms with van der Waals surface area (Å²) < 4.78 is 11.8. The van der Waals surface area contributed by atoms with Gasteiger partial charge in [0.2, 0.25) is 0 Å². The number of fused-ring (bicyclic) bond motifs is 2. The zero-order valence-electron chi connectivity index (χ0n) is 18.9. The van der Waals surface area contributed by atoms with Crippen LogP contribution < -0.4 is 9.47 Å². The van der Waals surface area contributed by atoms with Crippen molar-refractivity contribution in [2.24, 2.45) is 0 Å². The Morgan fingerprint density at radius 2 is 0.706 bits per heavy atom. The van der Waals surface area contributed by atoms with Crippen molar-refractivity contribution in [1.29, 1.82) is 0 Å². The molecule has 3 rings (SSSR count). The second-order valence-electron chi connectivity index (χ2n) is 7.12. The normalized spacial score (nSPS) is 13.7. The van der Waals surface area contributed by atoms with Crippen molar-refractivity contribution < 1.29 is 38.2 Å². The lowest BCUT2D eigenvalue weighted by Gasteiger charge is -2.15. The van der Waals surface area contributed by atoms with Gasteiger partial charge in [0.15, 0.2) is 34.6 Å². The van der Waals surface area contributed by atoms with Crippen LogP contribution in [0, 0.1) is 0 Å². The van der Waals surface area contributed by atoms with E-state index in [4.69, 9.17) is 9.47 Å². The second-order valence-corrected chi connectivity index (χ2v) is 11.7. The van der Waals surface area contributed by atoms with E-state index in [0.29, 0.717) is 28.1 Å². The van der Waals surface area contributed by atoms with E-state index in [0.717, 1.165) is 47.0 Å². The lowest BCUT2D eigenvalue weighted by Crippen LogP contribution is -2.07. The Balaban J connectivity index is 2.35. The number of Topliss-reactive ketones (excluding diaryl/α,β-unsaturated/α-hetero) is 4. The molecule has 1 aromatic carbocycles. The van der Waals surface area contributed by atoms with E-state index < -0.39 is 35.1 Å². The van der Waals surface area contributed by atoms with Crippen molar-refractivity contribution in [2.45, 2.75) is 61.1 Å². The summed E-state index contributed by atoms with van der Waals surface area (Å²) in [6.07, 6.45) is 0. The summed E-state index contributed by atoms with van der Waals surface area (Å²) in [5.74, 6) is -2.64.